The van der Waals surface area contributed by atoms with Crippen molar-refractivity contribution in [3.05, 3.63) is 12.7 Å². The Kier molecular flexibility index (Phi) is 7.66. The molecular weight excluding hydrogens is 132 g/mol. The predicted octanol–water partition coefficient (Wildman–Crippen LogP) is 4.17. The fraction of sp³-hybridized carbons (Fsp3) is 0.818. The zero-order valence-electron chi connectivity index (χ0n) is 8.10. The van der Waals surface area contributed by atoms with E-state index < -0.39 is 0 Å². The molecule has 0 saturated carbocycles. The third-order valence-electron chi connectivity index (χ3n) is 2.29. The molecule has 1 unspecified atom stereocenters. The van der Waals surface area contributed by atoms with Gasteiger partial charge in [-0.3, -0.25) is 0 Å². The van der Waals surface area contributed by atoms with E-state index in [0.717, 1.165) is 5.92 Å². The van der Waals surface area contributed by atoms with Gasteiger partial charge in [-0.25, -0.2) is 0 Å². The molecule has 0 radical (unpaired) electrons. The molecule has 0 heterocycles. The van der Waals surface area contributed by atoms with Crippen LogP contribution in [-0.4, -0.2) is 0 Å². The van der Waals surface area contributed by atoms with E-state index in [1.54, 1.807) is 0 Å². The zero-order chi connectivity index (χ0) is 8.53. The van der Waals surface area contributed by atoms with E-state index in [-0.39, 0.29) is 0 Å². The second kappa shape index (κ2) is 7.84. The molecule has 0 N–H and O–H groups in total. The minimum Gasteiger partial charge on any atom is -0.103 e. The van der Waals surface area contributed by atoms with Gasteiger partial charge in [-0.2, -0.15) is 0 Å². The Bertz CT molecular complexity index is 84.0. The van der Waals surface area contributed by atoms with E-state index in [1.807, 2.05) is 0 Å². The van der Waals surface area contributed by atoms with Crippen molar-refractivity contribution in [2.75, 3.05) is 0 Å². The molecule has 0 aliphatic rings. The van der Waals surface area contributed by atoms with Crippen LogP contribution in [0.25, 0.3) is 0 Å². The minimum absolute atomic E-state index is 0.770. The third kappa shape index (κ3) is 6.15. The number of hydrogen-bond donors (Lipinski definition) is 0. The molecular formula is C11H22. The Labute approximate surface area is 71.7 Å². The van der Waals surface area contributed by atoms with E-state index in [9.17, 15) is 0 Å². The second-order valence-electron chi connectivity index (χ2n) is 3.25. The van der Waals surface area contributed by atoms with Gasteiger partial charge in [0.25, 0.3) is 0 Å². The SMILES string of the molecule is C=CC(CC)CCCCCC. The standard InChI is InChI=1S/C11H22/c1-4-7-8-9-10-11(5-2)6-3/h5,11H,2,4,6-10H2,1,3H3. The summed E-state index contributed by atoms with van der Waals surface area (Å²) in [6, 6.07) is 0. The fourth-order valence-corrected chi connectivity index (χ4v) is 1.32. The molecule has 0 heteroatoms. The Morgan fingerprint density at radius 2 is 1.91 bits per heavy atom. The first kappa shape index (κ1) is 10.7. The molecule has 0 bridgehead atoms. The van der Waals surface area contributed by atoms with Gasteiger partial charge in [0.05, 0.1) is 0 Å². The summed E-state index contributed by atoms with van der Waals surface area (Å²) in [6.45, 7) is 8.33. The molecule has 0 aliphatic heterocycles. The van der Waals surface area contributed by atoms with Crippen LogP contribution in [0.4, 0.5) is 0 Å². The summed E-state index contributed by atoms with van der Waals surface area (Å²) in [6.07, 6.45) is 10.2. The average molecular weight is 154 g/mol. The smallest absolute Gasteiger partial charge is 0.0239 e. The Morgan fingerprint density at radius 3 is 2.36 bits per heavy atom. The van der Waals surface area contributed by atoms with Gasteiger partial charge in [0.2, 0.25) is 0 Å². The van der Waals surface area contributed by atoms with E-state index >= 15 is 0 Å². The van der Waals surface area contributed by atoms with Crippen molar-refractivity contribution < 1.29 is 0 Å². The lowest BCUT2D eigenvalue weighted by Gasteiger charge is -2.07. The fourth-order valence-electron chi connectivity index (χ4n) is 1.32. The quantitative estimate of drug-likeness (QED) is 0.381. The highest BCUT2D eigenvalue weighted by molar-refractivity contribution is 4.77. The topological polar surface area (TPSA) is 0 Å². The molecule has 0 fully saturated rings. The van der Waals surface area contributed by atoms with E-state index in [4.69, 9.17) is 0 Å². The van der Waals surface area contributed by atoms with Crippen LogP contribution in [-0.2, 0) is 0 Å². The van der Waals surface area contributed by atoms with Crippen molar-refractivity contribution in [1.29, 1.82) is 0 Å². The molecule has 66 valence electrons. The van der Waals surface area contributed by atoms with Crippen LogP contribution in [0.3, 0.4) is 0 Å². The number of rotatable bonds is 7. The van der Waals surface area contributed by atoms with Gasteiger partial charge in [0.1, 0.15) is 0 Å². The molecule has 11 heavy (non-hydrogen) atoms. The van der Waals surface area contributed by atoms with Crippen LogP contribution in [0, 0.1) is 5.92 Å². The minimum atomic E-state index is 0.770. The molecule has 0 spiro atoms. The summed E-state index contributed by atoms with van der Waals surface area (Å²) in [5.74, 6) is 0.770. The number of allylic oxidation sites excluding steroid dienone is 1. The van der Waals surface area contributed by atoms with Gasteiger partial charge >= 0.3 is 0 Å². The van der Waals surface area contributed by atoms with Gasteiger partial charge in [-0.1, -0.05) is 45.6 Å². The molecule has 0 amide bonds. The first-order valence-corrected chi connectivity index (χ1v) is 4.97. The Morgan fingerprint density at radius 1 is 1.18 bits per heavy atom. The first-order chi connectivity index (χ1) is 5.35. The van der Waals surface area contributed by atoms with Crippen LogP contribution in [0.15, 0.2) is 12.7 Å². The highest BCUT2D eigenvalue weighted by Gasteiger charge is 1.98. The Hall–Kier alpha value is -0.260. The van der Waals surface area contributed by atoms with Crippen molar-refractivity contribution in [1.82, 2.24) is 0 Å². The summed E-state index contributed by atoms with van der Waals surface area (Å²) in [5, 5.41) is 0. The maximum Gasteiger partial charge on any atom is -0.0239 e. The van der Waals surface area contributed by atoms with Gasteiger partial charge in [-0.15, -0.1) is 6.58 Å². The van der Waals surface area contributed by atoms with Crippen molar-refractivity contribution in [3.63, 3.8) is 0 Å². The van der Waals surface area contributed by atoms with E-state index in [1.165, 1.54) is 38.5 Å². The van der Waals surface area contributed by atoms with Crippen LogP contribution in [0.1, 0.15) is 52.4 Å². The van der Waals surface area contributed by atoms with E-state index in [2.05, 4.69) is 26.5 Å². The van der Waals surface area contributed by atoms with Gasteiger partial charge in [0.15, 0.2) is 0 Å². The lowest BCUT2D eigenvalue weighted by Crippen LogP contribution is -1.93. The van der Waals surface area contributed by atoms with E-state index in [0.29, 0.717) is 0 Å². The molecule has 0 aliphatic carbocycles. The summed E-state index contributed by atoms with van der Waals surface area (Å²) < 4.78 is 0. The highest BCUT2D eigenvalue weighted by Crippen LogP contribution is 2.14. The van der Waals surface area contributed by atoms with Gasteiger partial charge < -0.3 is 0 Å². The summed E-state index contributed by atoms with van der Waals surface area (Å²) in [7, 11) is 0. The summed E-state index contributed by atoms with van der Waals surface area (Å²) >= 11 is 0. The highest BCUT2D eigenvalue weighted by atomic mass is 14.0. The largest absolute Gasteiger partial charge is 0.103 e. The average Bonchev–Trinajstić information content (AvgIpc) is 2.05. The molecule has 0 aromatic rings. The van der Waals surface area contributed by atoms with Crippen LogP contribution < -0.4 is 0 Å². The predicted molar refractivity (Wildman–Crippen MR) is 52.7 cm³/mol. The normalized spacial score (nSPS) is 12.9. The van der Waals surface area contributed by atoms with Crippen LogP contribution >= 0.6 is 0 Å². The monoisotopic (exact) mass is 154 g/mol. The molecule has 0 aromatic heterocycles. The first-order valence-electron chi connectivity index (χ1n) is 4.97. The zero-order valence-corrected chi connectivity index (χ0v) is 8.10. The lowest BCUT2D eigenvalue weighted by molar-refractivity contribution is 0.519. The second-order valence-corrected chi connectivity index (χ2v) is 3.25. The van der Waals surface area contributed by atoms with Crippen LogP contribution in [0.5, 0.6) is 0 Å². The number of unbranched alkanes of at least 4 members (excludes halogenated alkanes) is 3. The number of hydrogen-bond acceptors (Lipinski definition) is 0. The molecule has 0 rings (SSSR count). The Balaban J connectivity index is 3.14. The van der Waals surface area contributed by atoms with Crippen molar-refractivity contribution in [2.45, 2.75) is 52.4 Å². The molecule has 0 aromatic carbocycles. The molecule has 0 saturated heterocycles. The van der Waals surface area contributed by atoms with Crippen molar-refractivity contribution in [3.8, 4) is 0 Å². The molecule has 1 atom stereocenters. The van der Waals surface area contributed by atoms with Crippen molar-refractivity contribution >= 4 is 0 Å². The summed E-state index contributed by atoms with van der Waals surface area (Å²) in [5.41, 5.74) is 0. The summed E-state index contributed by atoms with van der Waals surface area (Å²) in [4.78, 5) is 0. The van der Waals surface area contributed by atoms with Crippen LogP contribution in [0.2, 0.25) is 0 Å². The maximum absolute atomic E-state index is 3.83. The lowest BCUT2D eigenvalue weighted by atomic mass is 9.99. The van der Waals surface area contributed by atoms with Gasteiger partial charge in [0, 0.05) is 0 Å². The maximum atomic E-state index is 3.83. The molecule has 0 nitrogen and oxygen atoms in total. The van der Waals surface area contributed by atoms with Gasteiger partial charge in [-0.05, 0) is 18.8 Å². The third-order valence-corrected chi connectivity index (χ3v) is 2.29. The van der Waals surface area contributed by atoms with Crippen molar-refractivity contribution in [2.24, 2.45) is 5.92 Å².